The number of amides is 1. The molecule has 0 aliphatic carbocycles. The molecular weight excluding hydrogens is 232 g/mol. The van der Waals surface area contributed by atoms with Gasteiger partial charge in [-0.3, -0.25) is 9.59 Å². The second-order valence-electron chi connectivity index (χ2n) is 3.21. The number of nitrogens with zero attached hydrogens (tertiary/aromatic N) is 2. The van der Waals surface area contributed by atoms with Crippen LogP contribution in [0.1, 0.15) is 6.42 Å². The van der Waals surface area contributed by atoms with Gasteiger partial charge >= 0.3 is 0 Å². The molecule has 1 aromatic heterocycles. The van der Waals surface area contributed by atoms with Gasteiger partial charge in [-0.25, -0.2) is 4.98 Å². The first-order chi connectivity index (χ1) is 7.56. The van der Waals surface area contributed by atoms with Crippen LogP contribution in [0.5, 0.6) is 0 Å². The summed E-state index contributed by atoms with van der Waals surface area (Å²) in [4.78, 5) is 30.2. The van der Waals surface area contributed by atoms with E-state index in [0.29, 0.717) is 18.8 Å². The molecule has 0 unspecified atom stereocenters. The normalized spacial score (nSPS) is 9.94. The molecule has 0 aliphatic heterocycles. The summed E-state index contributed by atoms with van der Waals surface area (Å²) in [6.07, 6.45) is 1.59. The van der Waals surface area contributed by atoms with Crippen molar-refractivity contribution in [3.8, 4) is 0 Å². The molecule has 16 heavy (non-hydrogen) atoms. The fourth-order valence-corrected chi connectivity index (χ4v) is 1.39. The third-order valence-corrected chi connectivity index (χ3v) is 2.43. The monoisotopic (exact) mass is 244 g/mol. The zero-order valence-corrected chi connectivity index (χ0v) is 9.84. The molecule has 1 heterocycles. The number of carbonyl (C=O) groups is 1. The van der Waals surface area contributed by atoms with Gasteiger partial charge in [0.1, 0.15) is 5.02 Å². The summed E-state index contributed by atoms with van der Waals surface area (Å²) in [5.41, 5.74) is -0.390. The SMILES string of the molecule is CNC(=O)CCN(C)c1nc[nH]c(=O)c1Cl. The molecule has 0 fully saturated rings. The predicted octanol–water partition coefficient (Wildman–Crippen LogP) is -0.00440. The van der Waals surface area contributed by atoms with E-state index in [0.717, 1.165) is 0 Å². The van der Waals surface area contributed by atoms with E-state index < -0.39 is 5.56 Å². The van der Waals surface area contributed by atoms with Gasteiger partial charge in [-0.05, 0) is 0 Å². The number of halogens is 1. The van der Waals surface area contributed by atoms with Crippen LogP contribution < -0.4 is 15.8 Å². The van der Waals surface area contributed by atoms with Crippen molar-refractivity contribution < 1.29 is 4.79 Å². The van der Waals surface area contributed by atoms with E-state index in [9.17, 15) is 9.59 Å². The first kappa shape index (κ1) is 12.5. The van der Waals surface area contributed by atoms with Crippen LogP contribution in [0.4, 0.5) is 5.82 Å². The van der Waals surface area contributed by atoms with Gasteiger partial charge in [0.05, 0.1) is 6.33 Å². The first-order valence-electron chi connectivity index (χ1n) is 4.71. The van der Waals surface area contributed by atoms with Crippen molar-refractivity contribution in [3.63, 3.8) is 0 Å². The van der Waals surface area contributed by atoms with Crippen molar-refractivity contribution in [1.29, 1.82) is 0 Å². The molecule has 0 aromatic carbocycles. The Morgan fingerprint density at radius 2 is 2.38 bits per heavy atom. The quantitative estimate of drug-likeness (QED) is 0.781. The summed E-state index contributed by atoms with van der Waals surface area (Å²) in [6.45, 7) is 0.440. The second kappa shape index (κ2) is 5.50. The Morgan fingerprint density at radius 3 is 3.00 bits per heavy atom. The Labute approximate surface area is 97.6 Å². The lowest BCUT2D eigenvalue weighted by Crippen LogP contribution is -2.28. The van der Waals surface area contributed by atoms with Gasteiger partial charge in [0.15, 0.2) is 5.82 Å². The molecule has 88 valence electrons. The number of rotatable bonds is 4. The standard InChI is InChI=1S/C9H13ClN4O2/c1-11-6(15)3-4-14(2)8-7(10)9(16)13-5-12-8/h5H,3-4H2,1-2H3,(H,11,15)(H,12,13,16). The predicted molar refractivity (Wildman–Crippen MR) is 61.8 cm³/mol. The molecule has 0 bridgehead atoms. The van der Waals surface area contributed by atoms with E-state index in [1.807, 2.05) is 0 Å². The van der Waals surface area contributed by atoms with Crippen molar-refractivity contribution in [1.82, 2.24) is 15.3 Å². The van der Waals surface area contributed by atoms with Gasteiger partial charge in [-0.15, -0.1) is 0 Å². The van der Waals surface area contributed by atoms with Gasteiger partial charge in [0, 0.05) is 27.1 Å². The Balaban J connectivity index is 2.73. The highest BCUT2D eigenvalue weighted by atomic mass is 35.5. The van der Waals surface area contributed by atoms with Gasteiger partial charge in [0.25, 0.3) is 5.56 Å². The number of anilines is 1. The zero-order chi connectivity index (χ0) is 12.1. The lowest BCUT2D eigenvalue weighted by Gasteiger charge is -2.17. The Morgan fingerprint density at radius 1 is 1.69 bits per heavy atom. The number of aromatic amines is 1. The summed E-state index contributed by atoms with van der Waals surface area (Å²) < 4.78 is 0. The van der Waals surface area contributed by atoms with Gasteiger partial charge < -0.3 is 15.2 Å². The number of hydrogen-bond donors (Lipinski definition) is 2. The summed E-state index contributed by atoms with van der Waals surface area (Å²) in [7, 11) is 3.29. The van der Waals surface area contributed by atoms with Crippen molar-refractivity contribution >= 4 is 23.3 Å². The maximum Gasteiger partial charge on any atom is 0.271 e. The minimum absolute atomic E-state index is 0.0295. The number of nitrogens with one attached hydrogen (secondary N) is 2. The smallest absolute Gasteiger partial charge is 0.271 e. The van der Waals surface area contributed by atoms with Crippen molar-refractivity contribution in [2.24, 2.45) is 0 Å². The zero-order valence-electron chi connectivity index (χ0n) is 9.08. The lowest BCUT2D eigenvalue weighted by molar-refractivity contribution is -0.120. The van der Waals surface area contributed by atoms with Gasteiger partial charge in [-0.1, -0.05) is 11.6 Å². The maximum atomic E-state index is 11.2. The van der Waals surface area contributed by atoms with Crippen molar-refractivity contribution in [2.75, 3.05) is 25.5 Å². The van der Waals surface area contributed by atoms with E-state index in [2.05, 4.69) is 15.3 Å². The highest BCUT2D eigenvalue weighted by Gasteiger charge is 2.11. The molecule has 1 amide bonds. The number of carbonyl (C=O) groups excluding carboxylic acids is 1. The summed E-state index contributed by atoms with van der Waals surface area (Å²) in [5, 5.41) is 2.54. The lowest BCUT2D eigenvalue weighted by atomic mass is 10.3. The molecule has 0 spiro atoms. The molecule has 0 atom stereocenters. The number of aromatic nitrogens is 2. The van der Waals surface area contributed by atoms with Crippen LogP contribution in [-0.4, -0.2) is 36.5 Å². The van der Waals surface area contributed by atoms with Crippen LogP contribution in [0.15, 0.2) is 11.1 Å². The Hall–Kier alpha value is -1.56. The summed E-state index contributed by atoms with van der Waals surface area (Å²) >= 11 is 5.79. The molecule has 7 heteroatoms. The van der Waals surface area contributed by atoms with Crippen LogP contribution in [0.25, 0.3) is 0 Å². The third kappa shape index (κ3) is 2.96. The summed E-state index contributed by atoms with van der Waals surface area (Å²) in [6, 6.07) is 0. The van der Waals surface area contributed by atoms with Crippen LogP contribution in [0.2, 0.25) is 5.02 Å². The number of hydrogen-bond acceptors (Lipinski definition) is 4. The summed E-state index contributed by atoms with van der Waals surface area (Å²) in [5.74, 6) is 0.294. The first-order valence-corrected chi connectivity index (χ1v) is 5.09. The molecule has 1 aromatic rings. The average molecular weight is 245 g/mol. The Bertz CT molecular complexity index is 432. The van der Waals surface area contributed by atoms with Crippen LogP contribution in [0.3, 0.4) is 0 Å². The highest BCUT2D eigenvalue weighted by molar-refractivity contribution is 6.32. The minimum Gasteiger partial charge on any atom is -0.359 e. The molecule has 0 radical (unpaired) electrons. The van der Waals surface area contributed by atoms with E-state index in [1.54, 1.807) is 19.0 Å². The number of H-pyrrole nitrogens is 1. The molecule has 0 saturated carbocycles. The van der Waals surface area contributed by atoms with Crippen LogP contribution >= 0.6 is 11.6 Å². The molecule has 1 rings (SSSR count). The maximum absolute atomic E-state index is 11.2. The highest BCUT2D eigenvalue weighted by Crippen LogP contribution is 2.16. The second-order valence-corrected chi connectivity index (χ2v) is 3.59. The topological polar surface area (TPSA) is 78.1 Å². The van der Waals surface area contributed by atoms with Gasteiger partial charge in [-0.2, -0.15) is 0 Å². The van der Waals surface area contributed by atoms with Crippen molar-refractivity contribution in [2.45, 2.75) is 6.42 Å². The molecule has 0 aliphatic rings. The average Bonchev–Trinajstić information content (AvgIpc) is 2.29. The molecular formula is C9H13ClN4O2. The van der Waals surface area contributed by atoms with Crippen molar-refractivity contribution in [3.05, 3.63) is 21.7 Å². The van der Waals surface area contributed by atoms with Gasteiger partial charge in [0.2, 0.25) is 5.91 Å². The minimum atomic E-state index is -0.390. The van der Waals surface area contributed by atoms with E-state index >= 15 is 0 Å². The molecule has 0 saturated heterocycles. The molecule has 2 N–H and O–H groups in total. The van der Waals surface area contributed by atoms with Crippen LogP contribution in [-0.2, 0) is 4.79 Å². The van der Waals surface area contributed by atoms with E-state index in [1.165, 1.54) is 6.33 Å². The van der Waals surface area contributed by atoms with Crippen LogP contribution in [0, 0.1) is 0 Å². The fraction of sp³-hybridized carbons (Fsp3) is 0.444. The van der Waals surface area contributed by atoms with E-state index in [4.69, 9.17) is 11.6 Å². The third-order valence-electron chi connectivity index (χ3n) is 2.09. The molecule has 6 nitrogen and oxygen atoms in total. The fourth-order valence-electron chi connectivity index (χ4n) is 1.14. The Kier molecular flexibility index (Phi) is 4.30. The van der Waals surface area contributed by atoms with E-state index in [-0.39, 0.29) is 10.9 Å². The largest absolute Gasteiger partial charge is 0.359 e.